The second kappa shape index (κ2) is 3.31. The topological polar surface area (TPSA) is 102 Å². The smallest absolute Gasteiger partial charge is 0.305 e. The molecule has 0 spiro atoms. The summed E-state index contributed by atoms with van der Waals surface area (Å²) in [4.78, 5) is 10.3. The molecule has 0 saturated carbocycles. The van der Waals surface area contributed by atoms with Crippen molar-refractivity contribution in [2.24, 2.45) is 5.73 Å². The number of carbonyl (C=O) groups is 1. The number of aromatic nitrogens is 2. The highest BCUT2D eigenvalue weighted by Gasteiger charge is 2.17. The number of nitrogens with zero attached hydrogens (tertiary/aromatic N) is 2. The van der Waals surface area contributed by atoms with Crippen LogP contribution in [0.5, 0.6) is 0 Å². The van der Waals surface area contributed by atoms with Crippen LogP contribution in [-0.2, 0) is 4.79 Å². The summed E-state index contributed by atoms with van der Waals surface area (Å²) in [6.07, 6.45) is -0.172. The van der Waals surface area contributed by atoms with E-state index < -0.39 is 12.0 Å². The fourth-order valence-electron chi connectivity index (χ4n) is 0.863. The first-order valence-corrected chi connectivity index (χ1v) is 3.37. The van der Waals surface area contributed by atoms with Crippen molar-refractivity contribution in [3.8, 4) is 0 Å². The van der Waals surface area contributed by atoms with Gasteiger partial charge in [0.2, 0.25) is 0 Å². The van der Waals surface area contributed by atoms with Gasteiger partial charge in [-0.2, -0.15) is 0 Å². The van der Waals surface area contributed by atoms with Crippen LogP contribution in [0.25, 0.3) is 0 Å². The van der Waals surface area contributed by atoms with Gasteiger partial charge in [0.25, 0.3) is 0 Å². The van der Waals surface area contributed by atoms with Crippen molar-refractivity contribution in [2.45, 2.75) is 19.4 Å². The summed E-state index contributed by atoms with van der Waals surface area (Å²) < 4.78 is 4.63. The second-order valence-corrected chi connectivity index (χ2v) is 2.42. The average molecular weight is 171 g/mol. The predicted octanol–water partition coefficient (Wildman–Crippen LogP) is -0.147. The van der Waals surface area contributed by atoms with Gasteiger partial charge in [-0.25, -0.2) is 0 Å². The SMILES string of the molecule is Cc1onnc1C(N)CC(=O)O. The molecule has 0 radical (unpaired) electrons. The van der Waals surface area contributed by atoms with Crippen LogP contribution in [0.2, 0.25) is 0 Å². The third-order valence-electron chi connectivity index (χ3n) is 1.43. The minimum Gasteiger partial charge on any atom is -0.481 e. The molecule has 6 nitrogen and oxygen atoms in total. The van der Waals surface area contributed by atoms with Crippen molar-refractivity contribution < 1.29 is 14.4 Å². The highest BCUT2D eigenvalue weighted by molar-refractivity contribution is 5.67. The maximum Gasteiger partial charge on any atom is 0.305 e. The molecule has 0 aliphatic rings. The molecule has 1 aromatic heterocycles. The summed E-state index contributed by atoms with van der Waals surface area (Å²) in [5.41, 5.74) is 5.90. The number of carboxylic acids is 1. The zero-order chi connectivity index (χ0) is 9.14. The number of rotatable bonds is 3. The Balaban J connectivity index is 2.71. The molecule has 6 heteroatoms. The summed E-state index contributed by atoms with van der Waals surface area (Å²) in [7, 11) is 0. The minimum absolute atomic E-state index is 0.172. The van der Waals surface area contributed by atoms with Crippen molar-refractivity contribution >= 4 is 5.97 Å². The summed E-state index contributed by atoms with van der Waals surface area (Å²) in [6.45, 7) is 1.64. The van der Waals surface area contributed by atoms with Gasteiger partial charge in [0.1, 0.15) is 5.69 Å². The van der Waals surface area contributed by atoms with Crippen molar-refractivity contribution in [3.63, 3.8) is 0 Å². The molecule has 0 amide bonds. The highest BCUT2D eigenvalue weighted by atomic mass is 16.5. The molecule has 3 N–H and O–H groups in total. The van der Waals surface area contributed by atoms with Crippen LogP contribution in [0.15, 0.2) is 4.52 Å². The van der Waals surface area contributed by atoms with Crippen molar-refractivity contribution in [1.29, 1.82) is 0 Å². The first-order valence-electron chi connectivity index (χ1n) is 3.37. The number of carboxylic acid groups (broad SMARTS) is 1. The Labute approximate surface area is 68.3 Å². The molecule has 66 valence electrons. The van der Waals surface area contributed by atoms with Crippen LogP contribution < -0.4 is 5.73 Å². The fourth-order valence-corrected chi connectivity index (χ4v) is 0.863. The Bertz CT molecular complexity index is 283. The zero-order valence-corrected chi connectivity index (χ0v) is 6.52. The monoisotopic (exact) mass is 171 g/mol. The summed E-state index contributed by atoms with van der Waals surface area (Å²) >= 11 is 0. The Morgan fingerprint density at radius 2 is 2.50 bits per heavy atom. The van der Waals surface area contributed by atoms with Gasteiger partial charge in [-0.3, -0.25) is 4.79 Å². The molecular weight excluding hydrogens is 162 g/mol. The highest BCUT2D eigenvalue weighted by Crippen LogP contribution is 2.14. The van der Waals surface area contributed by atoms with Gasteiger partial charge in [-0.05, 0) is 6.92 Å². The Hall–Kier alpha value is -1.43. The first-order chi connectivity index (χ1) is 5.61. The average Bonchev–Trinajstić information content (AvgIpc) is 2.33. The molecule has 1 aromatic rings. The lowest BCUT2D eigenvalue weighted by molar-refractivity contribution is -0.137. The van der Waals surface area contributed by atoms with Crippen LogP contribution in [0.4, 0.5) is 0 Å². The van der Waals surface area contributed by atoms with Gasteiger partial charge in [0.05, 0.1) is 12.5 Å². The number of aliphatic carboxylic acids is 1. The van der Waals surface area contributed by atoms with Crippen molar-refractivity contribution in [1.82, 2.24) is 10.4 Å². The zero-order valence-electron chi connectivity index (χ0n) is 6.52. The van der Waals surface area contributed by atoms with E-state index in [4.69, 9.17) is 10.8 Å². The largest absolute Gasteiger partial charge is 0.481 e. The molecule has 1 rings (SSSR count). The van der Waals surface area contributed by atoms with E-state index in [9.17, 15) is 4.79 Å². The van der Waals surface area contributed by atoms with E-state index in [1.807, 2.05) is 0 Å². The molecule has 0 bridgehead atoms. The Morgan fingerprint density at radius 3 is 2.92 bits per heavy atom. The molecule has 0 aromatic carbocycles. The van der Waals surface area contributed by atoms with Crippen molar-refractivity contribution in [3.05, 3.63) is 11.5 Å². The Morgan fingerprint density at radius 1 is 1.83 bits per heavy atom. The van der Waals surface area contributed by atoms with Crippen molar-refractivity contribution in [2.75, 3.05) is 0 Å². The third-order valence-corrected chi connectivity index (χ3v) is 1.43. The van der Waals surface area contributed by atoms with E-state index in [0.717, 1.165) is 0 Å². The number of hydrogen-bond donors (Lipinski definition) is 2. The standard InChI is InChI=1S/C6H9N3O3/c1-3-6(8-9-12-3)4(7)2-5(10)11/h4H,2,7H2,1H3,(H,10,11). The van der Waals surface area contributed by atoms with E-state index >= 15 is 0 Å². The maximum atomic E-state index is 10.3. The normalized spacial score (nSPS) is 12.8. The van der Waals surface area contributed by atoms with E-state index in [1.165, 1.54) is 0 Å². The number of hydrogen-bond acceptors (Lipinski definition) is 5. The van der Waals surface area contributed by atoms with Gasteiger partial charge in [-0.1, -0.05) is 0 Å². The minimum atomic E-state index is -0.968. The van der Waals surface area contributed by atoms with Gasteiger partial charge in [-0.15, -0.1) is 5.10 Å². The van der Waals surface area contributed by atoms with Gasteiger partial charge in [0, 0.05) is 5.27 Å². The molecule has 0 aliphatic carbocycles. The molecular formula is C6H9N3O3. The fraction of sp³-hybridized carbons (Fsp3) is 0.500. The lowest BCUT2D eigenvalue weighted by Crippen LogP contribution is -2.16. The van der Waals surface area contributed by atoms with E-state index in [-0.39, 0.29) is 6.42 Å². The van der Waals surface area contributed by atoms with Crippen LogP contribution in [0.1, 0.15) is 23.9 Å². The molecule has 1 atom stereocenters. The van der Waals surface area contributed by atoms with Crippen LogP contribution in [0, 0.1) is 6.92 Å². The van der Waals surface area contributed by atoms with Gasteiger partial charge < -0.3 is 15.4 Å². The predicted molar refractivity (Wildman–Crippen MR) is 38.2 cm³/mol. The van der Waals surface area contributed by atoms with Crippen LogP contribution in [0.3, 0.4) is 0 Å². The quantitative estimate of drug-likeness (QED) is 0.655. The van der Waals surface area contributed by atoms with E-state index in [2.05, 4.69) is 14.9 Å². The van der Waals surface area contributed by atoms with Gasteiger partial charge >= 0.3 is 5.97 Å². The summed E-state index contributed by atoms with van der Waals surface area (Å²) in [6, 6.07) is -0.645. The first kappa shape index (κ1) is 8.66. The summed E-state index contributed by atoms with van der Waals surface area (Å²) in [5, 5.41) is 15.2. The lowest BCUT2D eigenvalue weighted by Gasteiger charge is -2.03. The van der Waals surface area contributed by atoms with Gasteiger partial charge in [0.15, 0.2) is 5.76 Å². The molecule has 1 heterocycles. The second-order valence-electron chi connectivity index (χ2n) is 2.42. The van der Waals surface area contributed by atoms with E-state index in [0.29, 0.717) is 11.5 Å². The summed E-state index contributed by atoms with van der Waals surface area (Å²) in [5.74, 6) is -0.506. The Kier molecular flexibility index (Phi) is 2.39. The van der Waals surface area contributed by atoms with Crippen LogP contribution >= 0.6 is 0 Å². The molecule has 0 fully saturated rings. The molecule has 0 aliphatic heterocycles. The number of aryl methyl sites for hydroxylation is 1. The lowest BCUT2D eigenvalue weighted by atomic mass is 10.1. The van der Waals surface area contributed by atoms with E-state index in [1.54, 1.807) is 6.92 Å². The number of nitrogens with two attached hydrogens (primary N) is 1. The molecule has 12 heavy (non-hydrogen) atoms. The maximum absolute atomic E-state index is 10.3. The van der Waals surface area contributed by atoms with Crippen LogP contribution in [-0.4, -0.2) is 21.4 Å². The third kappa shape index (κ3) is 1.79. The molecule has 0 saturated heterocycles. The molecule has 1 unspecified atom stereocenters.